The van der Waals surface area contributed by atoms with Crippen LogP contribution >= 0.6 is 0 Å². The first-order valence-electron chi connectivity index (χ1n) is 6.94. The molecule has 0 heterocycles. The van der Waals surface area contributed by atoms with Crippen LogP contribution in [0.2, 0.25) is 0 Å². The van der Waals surface area contributed by atoms with Crippen LogP contribution < -0.4 is 0 Å². The highest BCUT2D eigenvalue weighted by Gasteiger charge is 2.35. The van der Waals surface area contributed by atoms with E-state index in [9.17, 15) is 4.79 Å². The fourth-order valence-electron chi connectivity index (χ4n) is 2.63. The maximum atomic E-state index is 12.0. The molecule has 100 valence electrons. The largest absolute Gasteiger partial charge is 0.303 e. The minimum absolute atomic E-state index is 0.264. The third kappa shape index (κ3) is 4.09. The lowest BCUT2D eigenvalue weighted by molar-refractivity contribution is -0.127. The Morgan fingerprint density at radius 2 is 1.94 bits per heavy atom. The van der Waals surface area contributed by atoms with E-state index in [0.29, 0.717) is 23.2 Å². The van der Waals surface area contributed by atoms with Gasteiger partial charge in [0.25, 0.3) is 0 Å². The van der Waals surface area contributed by atoms with Gasteiger partial charge in [-0.05, 0) is 45.1 Å². The summed E-state index contributed by atoms with van der Waals surface area (Å²) < 4.78 is 0. The molecule has 17 heavy (non-hydrogen) atoms. The van der Waals surface area contributed by atoms with Crippen molar-refractivity contribution in [1.82, 2.24) is 4.90 Å². The minimum atomic E-state index is 0.264. The standard InChI is InChI=1S/C15H29NO/c1-11(2)16(6)10-12-9-13(15(3,4)5)7-8-14(12)17/h11-13H,7-10H2,1-6H3. The second kappa shape index (κ2) is 5.51. The van der Waals surface area contributed by atoms with Crippen molar-refractivity contribution in [2.24, 2.45) is 17.3 Å². The first-order chi connectivity index (χ1) is 7.71. The normalized spacial score (nSPS) is 26.9. The molecule has 1 aliphatic rings. The predicted molar refractivity (Wildman–Crippen MR) is 73.1 cm³/mol. The molecule has 0 bridgehead atoms. The van der Waals surface area contributed by atoms with Crippen LogP contribution in [0.5, 0.6) is 0 Å². The van der Waals surface area contributed by atoms with E-state index in [1.54, 1.807) is 0 Å². The highest BCUT2D eigenvalue weighted by molar-refractivity contribution is 5.82. The quantitative estimate of drug-likeness (QED) is 0.752. The number of hydrogen-bond acceptors (Lipinski definition) is 2. The molecule has 1 saturated carbocycles. The van der Waals surface area contributed by atoms with Crippen molar-refractivity contribution in [3.63, 3.8) is 0 Å². The van der Waals surface area contributed by atoms with Gasteiger partial charge in [-0.1, -0.05) is 20.8 Å². The highest BCUT2D eigenvalue weighted by Crippen LogP contribution is 2.39. The van der Waals surface area contributed by atoms with E-state index in [-0.39, 0.29) is 5.92 Å². The summed E-state index contributed by atoms with van der Waals surface area (Å²) in [6, 6.07) is 0.526. The van der Waals surface area contributed by atoms with Crippen LogP contribution in [-0.2, 0) is 4.79 Å². The summed E-state index contributed by atoms with van der Waals surface area (Å²) >= 11 is 0. The lowest BCUT2D eigenvalue weighted by Crippen LogP contribution is -2.40. The van der Waals surface area contributed by atoms with Crippen LogP contribution in [0.15, 0.2) is 0 Å². The lowest BCUT2D eigenvalue weighted by Gasteiger charge is -2.38. The number of nitrogens with zero attached hydrogens (tertiary/aromatic N) is 1. The van der Waals surface area contributed by atoms with Gasteiger partial charge in [0.15, 0.2) is 0 Å². The zero-order valence-corrected chi connectivity index (χ0v) is 12.4. The van der Waals surface area contributed by atoms with E-state index in [1.165, 1.54) is 0 Å². The third-order valence-corrected chi connectivity index (χ3v) is 4.38. The van der Waals surface area contributed by atoms with Gasteiger partial charge in [0.05, 0.1) is 0 Å². The summed E-state index contributed by atoms with van der Waals surface area (Å²) in [6.45, 7) is 12.2. The highest BCUT2D eigenvalue weighted by atomic mass is 16.1. The molecule has 0 aromatic carbocycles. The maximum Gasteiger partial charge on any atom is 0.137 e. The van der Waals surface area contributed by atoms with Crippen LogP contribution in [0.3, 0.4) is 0 Å². The number of ketones is 1. The van der Waals surface area contributed by atoms with Crippen molar-refractivity contribution in [3.8, 4) is 0 Å². The van der Waals surface area contributed by atoms with E-state index in [0.717, 1.165) is 25.8 Å². The Morgan fingerprint density at radius 3 is 2.41 bits per heavy atom. The van der Waals surface area contributed by atoms with E-state index in [4.69, 9.17) is 0 Å². The van der Waals surface area contributed by atoms with Gasteiger partial charge in [-0.2, -0.15) is 0 Å². The van der Waals surface area contributed by atoms with Crippen LogP contribution in [0.25, 0.3) is 0 Å². The molecular weight excluding hydrogens is 210 g/mol. The Kier molecular flexibility index (Phi) is 4.77. The van der Waals surface area contributed by atoms with Crippen molar-refractivity contribution in [3.05, 3.63) is 0 Å². The SMILES string of the molecule is CC(C)N(C)CC1CC(C(C)(C)C)CCC1=O. The fraction of sp³-hybridized carbons (Fsp3) is 0.933. The zero-order chi connectivity index (χ0) is 13.2. The van der Waals surface area contributed by atoms with E-state index in [2.05, 4.69) is 46.6 Å². The Balaban J connectivity index is 2.61. The molecule has 0 amide bonds. The number of Topliss-reactive ketones (excluding diaryl/α,β-unsaturated/α-hetero) is 1. The molecule has 2 heteroatoms. The van der Waals surface area contributed by atoms with Gasteiger partial charge in [-0.3, -0.25) is 4.79 Å². The summed E-state index contributed by atoms with van der Waals surface area (Å²) in [7, 11) is 2.12. The first kappa shape index (κ1) is 14.7. The molecule has 1 aliphatic carbocycles. The molecule has 1 fully saturated rings. The molecule has 0 aliphatic heterocycles. The maximum absolute atomic E-state index is 12.0. The molecule has 2 unspecified atom stereocenters. The summed E-state index contributed by atoms with van der Waals surface area (Å²) in [5.74, 6) is 1.45. The summed E-state index contributed by atoms with van der Waals surface area (Å²) in [5.41, 5.74) is 0.343. The Morgan fingerprint density at radius 1 is 1.35 bits per heavy atom. The fourth-order valence-corrected chi connectivity index (χ4v) is 2.63. The molecule has 1 rings (SSSR count). The summed E-state index contributed by atoms with van der Waals surface area (Å²) in [5, 5.41) is 0. The lowest BCUT2D eigenvalue weighted by atomic mass is 9.68. The van der Waals surface area contributed by atoms with Crippen molar-refractivity contribution in [2.75, 3.05) is 13.6 Å². The summed E-state index contributed by atoms with van der Waals surface area (Å²) in [4.78, 5) is 14.3. The molecular formula is C15H29NO. The number of carbonyl (C=O) groups is 1. The molecule has 0 saturated heterocycles. The smallest absolute Gasteiger partial charge is 0.137 e. The van der Waals surface area contributed by atoms with Crippen molar-refractivity contribution in [2.45, 2.75) is 59.9 Å². The molecule has 0 N–H and O–H groups in total. The predicted octanol–water partition coefficient (Wildman–Crippen LogP) is 3.36. The number of hydrogen-bond donors (Lipinski definition) is 0. The van der Waals surface area contributed by atoms with Crippen LogP contribution in [0.4, 0.5) is 0 Å². The monoisotopic (exact) mass is 239 g/mol. The first-order valence-corrected chi connectivity index (χ1v) is 6.94. The van der Waals surface area contributed by atoms with Gasteiger partial charge in [0.2, 0.25) is 0 Å². The molecule has 2 nitrogen and oxygen atoms in total. The molecule has 0 aromatic heterocycles. The van der Waals surface area contributed by atoms with E-state index < -0.39 is 0 Å². The molecule has 2 atom stereocenters. The van der Waals surface area contributed by atoms with E-state index >= 15 is 0 Å². The van der Waals surface area contributed by atoms with Gasteiger partial charge in [-0.25, -0.2) is 0 Å². The van der Waals surface area contributed by atoms with Gasteiger partial charge in [-0.15, -0.1) is 0 Å². The van der Waals surface area contributed by atoms with Gasteiger partial charge in [0.1, 0.15) is 5.78 Å². The van der Waals surface area contributed by atoms with Gasteiger partial charge in [0, 0.05) is 24.9 Å². The van der Waals surface area contributed by atoms with Gasteiger partial charge < -0.3 is 4.90 Å². The second-order valence-corrected chi connectivity index (χ2v) is 7.03. The molecule has 0 spiro atoms. The van der Waals surface area contributed by atoms with Crippen molar-refractivity contribution < 1.29 is 4.79 Å². The van der Waals surface area contributed by atoms with Crippen molar-refractivity contribution in [1.29, 1.82) is 0 Å². The average Bonchev–Trinajstić information content (AvgIpc) is 2.19. The average molecular weight is 239 g/mol. The third-order valence-electron chi connectivity index (χ3n) is 4.38. The molecule has 0 aromatic rings. The van der Waals surface area contributed by atoms with Crippen LogP contribution in [0.1, 0.15) is 53.9 Å². The Bertz CT molecular complexity index is 265. The van der Waals surface area contributed by atoms with Gasteiger partial charge >= 0.3 is 0 Å². The zero-order valence-electron chi connectivity index (χ0n) is 12.4. The van der Waals surface area contributed by atoms with Crippen molar-refractivity contribution >= 4 is 5.78 Å². The minimum Gasteiger partial charge on any atom is -0.303 e. The van der Waals surface area contributed by atoms with Crippen LogP contribution in [-0.4, -0.2) is 30.3 Å². The van der Waals surface area contributed by atoms with Crippen LogP contribution in [0, 0.1) is 17.3 Å². The van der Waals surface area contributed by atoms with E-state index in [1.807, 2.05) is 0 Å². The number of carbonyl (C=O) groups excluding carboxylic acids is 1. The molecule has 0 radical (unpaired) electrons. The second-order valence-electron chi connectivity index (χ2n) is 7.03. The summed E-state index contributed by atoms with van der Waals surface area (Å²) in [6.07, 6.45) is 2.96. The Hall–Kier alpha value is -0.370. The Labute approximate surface area is 107 Å². The topological polar surface area (TPSA) is 20.3 Å². The number of rotatable bonds is 3.